The lowest BCUT2D eigenvalue weighted by atomic mass is 10.2. The first-order valence-electron chi connectivity index (χ1n) is 5.51. The van der Waals surface area contributed by atoms with Gasteiger partial charge in [-0.2, -0.15) is 0 Å². The van der Waals surface area contributed by atoms with Gasteiger partial charge in [-0.15, -0.1) is 10.2 Å². The molecule has 1 N–H and O–H groups in total. The highest BCUT2D eigenvalue weighted by molar-refractivity contribution is 5.55. The molecule has 90 valence electrons. The van der Waals surface area contributed by atoms with Gasteiger partial charge in [-0.05, 0) is 19.2 Å². The van der Waals surface area contributed by atoms with Gasteiger partial charge in [0.15, 0.2) is 5.82 Å². The fourth-order valence-electron chi connectivity index (χ4n) is 1.69. The quantitative estimate of drug-likeness (QED) is 0.869. The summed E-state index contributed by atoms with van der Waals surface area (Å²) in [5.41, 5.74) is 0.746. The molecule has 0 radical (unpaired) electrons. The van der Waals surface area contributed by atoms with E-state index in [0.717, 1.165) is 24.4 Å². The van der Waals surface area contributed by atoms with Crippen molar-refractivity contribution in [3.05, 3.63) is 35.9 Å². The average Bonchev–Trinajstić information content (AvgIpc) is 2.68. The largest absolute Gasteiger partial charge is 0.319 e. The second kappa shape index (κ2) is 5.05. The topological polar surface area (TPSA) is 42.7 Å². The summed E-state index contributed by atoms with van der Waals surface area (Å²) in [6.45, 7) is 0.842. The van der Waals surface area contributed by atoms with Crippen molar-refractivity contribution < 1.29 is 4.39 Å². The summed E-state index contributed by atoms with van der Waals surface area (Å²) in [4.78, 5) is 0. The first-order chi connectivity index (χ1) is 8.22. The predicted molar refractivity (Wildman–Crippen MR) is 64.0 cm³/mol. The first-order valence-corrected chi connectivity index (χ1v) is 5.51. The van der Waals surface area contributed by atoms with Crippen LogP contribution in [0.25, 0.3) is 11.4 Å². The number of hydrogen-bond acceptors (Lipinski definition) is 3. The number of rotatable bonds is 4. The maximum absolute atomic E-state index is 13.1. The molecule has 0 aliphatic rings. The zero-order chi connectivity index (χ0) is 12.3. The Bertz CT molecular complexity index is 507. The van der Waals surface area contributed by atoms with Crippen LogP contribution in [0.3, 0.4) is 0 Å². The van der Waals surface area contributed by atoms with E-state index in [1.54, 1.807) is 6.07 Å². The predicted octanol–water partition coefficient (Wildman–Crippen LogP) is 1.38. The van der Waals surface area contributed by atoms with Gasteiger partial charge in [0, 0.05) is 25.6 Å². The zero-order valence-corrected chi connectivity index (χ0v) is 9.94. The molecule has 17 heavy (non-hydrogen) atoms. The molecule has 0 atom stereocenters. The van der Waals surface area contributed by atoms with Gasteiger partial charge in [-0.3, -0.25) is 0 Å². The summed E-state index contributed by atoms with van der Waals surface area (Å²) >= 11 is 0. The van der Waals surface area contributed by atoms with Gasteiger partial charge in [-0.25, -0.2) is 4.39 Å². The second-order valence-corrected chi connectivity index (χ2v) is 3.86. The molecule has 0 fully saturated rings. The highest BCUT2D eigenvalue weighted by Crippen LogP contribution is 2.18. The van der Waals surface area contributed by atoms with Gasteiger partial charge < -0.3 is 9.88 Å². The molecule has 0 unspecified atom stereocenters. The van der Waals surface area contributed by atoms with E-state index in [2.05, 4.69) is 15.5 Å². The van der Waals surface area contributed by atoms with E-state index in [0.29, 0.717) is 5.82 Å². The third-order valence-corrected chi connectivity index (χ3v) is 2.65. The van der Waals surface area contributed by atoms with Crippen LogP contribution in [0.5, 0.6) is 0 Å². The Morgan fingerprint density at radius 3 is 2.88 bits per heavy atom. The van der Waals surface area contributed by atoms with E-state index in [9.17, 15) is 4.39 Å². The van der Waals surface area contributed by atoms with Gasteiger partial charge >= 0.3 is 0 Å². The lowest BCUT2D eigenvalue weighted by molar-refractivity contribution is 0.628. The summed E-state index contributed by atoms with van der Waals surface area (Å²) in [5.74, 6) is 1.32. The normalized spacial score (nSPS) is 10.8. The number of nitrogens with zero attached hydrogens (tertiary/aromatic N) is 3. The SMILES string of the molecule is CNCCc1nnc(-c2cccc(F)c2)n1C. The van der Waals surface area contributed by atoms with Crippen LogP contribution in [0.4, 0.5) is 4.39 Å². The molecule has 0 saturated carbocycles. The standard InChI is InChI=1S/C12H15FN4/c1-14-7-6-11-15-16-12(17(11)2)9-4-3-5-10(13)8-9/h3-5,8,14H,6-7H2,1-2H3. The van der Waals surface area contributed by atoms with Gasteiger partial charge in [0.1, 0.15) is 11.6 Å². The molecule has 0 spiro atoms. The Morgan fingerprint density at radius 1 is 1.35 bits per heavy atom. The molecule has 0 bridgehead atoms. The van der Waals surface area contributed by atoms with Gasteiger partial charge in [0.25, 0.3) is 0 Å². The highest BCUT2D eigenvalue weighted by atomic mass is 19.1. The number of halogens is 1. The molecule has 0 amide bonds. The lowest BCUT2D eigenvalue weighted by Gasteiger charge is -2.03. The highest BCUT2D eigenvalue weighted by Gasteiger charge is 2.10. The summed E-state index contributed by atoms with van der Waals surface area (Å²) in [6, 6.07) is 6.38. The monoisotopic (exact) mass is 234 g/mol. The molecule has 4 nitrogen and oxygen atoms in total. The van der Waals surface area contributed by atoms with Crippen molar-refractivity contribution in [2.24, 2.45) is 7.05 Å². The Labute approximate surface area is 99.5 Å². The van der Waals surface area contributed by atoms with Gasteiger partial charge in [-0.1, -0.05) is 12.1 Å². The molecular weight excluding hydrogens is 219 g/mol. The minimum Gasteiger partial charge on any atom is -0.319 e. The van der Waals surface area contributed by atoms with Crippen LogP contribution in [-0.4, -0.2) is 28.4 Å². The first kappa shape index (κ1) is 11.7. The number of benzene rings is 1. The number of aromatic nitrogens is 3. The van der Waals surface area contributed by atoms with E-state index in [1.165, 1.54) is 12.1 Å². The van der Waals surface area contributed by atoms with Crippen molar-refractivity contribution in [2.75, 3.05) is 13.6 Å². The number of hydrogen-bond donors (Lipinski definition) is 1. The van der Waals surface area contributed by atoms with Crippen LogP contribution < -0.4 is 5.32 Å². The Morgan fingerprint density at radius 2 is 2.18 bits per heavy atom. The molecule has 1 heterocycles. The smallest absolute Gasteiger partial charge is 0.163 e. The van der Waals surface area contributed by atoms with Crippen LogP contribution in [0.1, 0.15) is 5.82 Å². The maximum Gasteiger partial charge on any atom is 0.163 e. The third kappa shape index (κ3) is 2.50. The zero-order valence-electron chi connectivity index (χ0n) is 9.94. The van der Waals surface area contributed by atoms with Crippen molar-refractivity contribution in [1.29, 1.82) is 0 Å². The number of likely N-dealkylation sites (N-methyl/N-ethyl adjacent to an activating group) is 1. The summed E-state index contributed by atoms with van der Waals surface area (Å²) in [5, 5.41) is 11.3. The van der Waals surface area contributed by atoms with Crippen LogP contribution in [-0.2, 0) is 13.5 Å². The molecule has 2 rings (SSSR count). The molecule has 0 aliphatic heterocycles. The van der Waals surface area contributed by atoms with Crippen molar-refractivity contribution in [3.8, 4) is 11.4 Å². The second-order valence-electron chi connectivity index (χ2n) is 3.86. The molecule has 1 aromatic heterocycles. The molecule has 5 heteroatoms. The van der Waals surface area contributed by atoms with Crippen LogP contribution in [0, 0.1) is 5.82 Å². The number of nitrogens with one attached hydrogen (secondary N) is 1. The van der Waals surface area contributed by atoms with Crippen molar-refractivity contribution in [1.82, 2.24) is 20.1 Å². The van der Waals surface area contributed by atoms with Gasteiger partial charge in [0.05, 0.1) is 0 Å². The third-order valence-electron chi connectivity index (χ3n) is 2.65. The van der Waals surface area contributed by atoms with E-state index in [4.69, 9.17) is 0 Å². The van der Waals surface area contributed by atoms with Crippen molar-refractivity contribution in [2.45, 2.75) is 6.42 Å². The summed E-state index contributed by atoms with van der Waals surface area (Å²) in [6.07, 6.45) is 0.801. The van der Waals surface area contributed by atoms with E-state index < -0.39 is 0 Å². The van der Waals surface area contributed by atoms with Crippen LogP contribution in [0.15, 0.2) is 24.3 Å². The fraction of sp³-hybridized carbons (Fsp3) is 0.333. The Kier molecular flexibility index (Phi) is 3.49. The fourth-order valence-corrected chi connectivity index (χ4v) is 1.69. The Balaban J connectivity index is 2.30. The van der Waals surface area contributed by atoms with E-state index in [-0.39, 0.29) is 5.82 Å². The molecule has 1 aromatic carbocycles. The van der Waals surface area contributed by atoms with Gasteiger partial charge in [0.2, 0.25) is 0 Å². The molecule has 0 saturated heterocycles. The molecular formula is C12H15FN4. The van der Waals surface area contributed by atoms with Crippen molar-refractivity contribution in [3.63, 3.8) is 0 Å². The van der Waals surface area contributed by atoms with E-state index in [1.807, 2.05) is 24.7 Å². The molecule has 2 aromatic rings. The average molecular weight is 234 g/mol. The van der Waals surface area contributed by atoms with Crippen molar-refractivity contribution >= 4 is 0 Å². The minimum atomic E-state index is -0.262. The minimum absolute atomic E-state index is 0.262. The maximum atomic E-state index is 13.1. The lowest BCUT2D eigenvalue weighted by Crippen LogP contribution is -2.13. The van der Waals surface area contributed by atoms with Crippen LogP contribution in [0.2, 0.25) is 0 Å². The van der Waals surface area contributed by atoms with Crippen LogP contribution >= 0.6 is 0 Å². The summed E-state index contributed by atoms with van der Waals surface area (Å²) < 4.78 is 15.0. The summed E-state index contributed by atoms with van der Waals surface area (Å²) in [7, 11) is 3.79. The Hall–Kier alpha value is -1.75. The molecule has 0 aliphatic carbocycles. The van der Waals surface area contributed by atoms with E-state index >= 15 is 0 Å².